The Labute approximate surface area is 109 Å². The van der Waals surface area contributed by atoms with Gasteiger partial charge in [0, 0.05) is 6.04 Å². The molecule has 3 heteroatoms. The average molecular weight is 255 g/mol. The van der Waals surface area contributed by atoms with Crippen molar-refractivity contribution < 1.29 is 8.78 Å². The lowest BCUT2D eigenvalue weighted by Crippen LogP contribution is -2.20. The van der Waals surface area contributed by atoms with E-state index < -0.39 is 11.6 Å². The maximum Gasteiger partial charge on any atom is 0.159 e. The highest BCUT2D eigenvalue weighted by molar-refractivity contribution is 5.21. The Kier molecular flexibility index (Phi) is 5.73. The SMILES string of the molecule is CNC(CC(C)CC(C)C)c1ccc(F)c(F)c1. The van der Waals surface area contributed by atoms with E-state index in [0.29, 0.717) is 11.8 Å². The highest BCUT2D eigenvalue weighted by Gasteiger charge is 2.16. The summed E-state index contributed by atoms with van der Waals surface area (Å²) in [4.78, 5) is 0. The summed E-state index contributed by atoms with van der Waals surface area (Å²) in [6.07, 6.45) is 2.07. The van der Waals surface area contributed by atoms with Gasteiger partial charge in [0.2, 0.25) is 0 Å². The predicted octanol–water partition coefficient (Wildman–Crippen LogP) is 4.30. The van der Waals surface area contributed by atoms with Gasteiger partial charge < -0.3 is 5.32 Å². The van der Waals surface area contributed by atoms with Crippen LogP contribution in [-0.4, -0.2) is 7.05 Å². The van der Waals surface area contributed by atoms with Crippen LogP contribution in [0.15, 0.2) is 18.2 Å². The molecule has 1 aromatic carbocycles. The third-order valence-electron chi connectivity index (χ3n) is 3.21. The third kappa shape index (κ3) is 4.37. The lowest BCUT2D eigenvalue weighted by Gasteiger charge is -2.22. The average Bonchev–Trinajstić information content (AvgIpc) is 2.29. The maximum atomic E-state index is 13.2. The van der Waals surface area contributed by atoms with E-state index in [2.05, 4.69) is 26.1 Å². The van der Waals surface area contributed by atoms with Crippen LogP contribution in [0.5, 0.6) is 0 Å². The zero-order valence-electron chi connectivity index (χ0n) is 11.6. The number of hydrogen-bond acceptors (Lipinski definition) is 1. The van der Waals surface area contributed by atoms with Gasteiger partial charge in [0.15, 0.2) is 11.6 Å². The molecule has 0 aliphatic carbocycles. The minimum Gasteiger partial charge on any atom is -0.313 e. The minimum absolute atomic E-state index is 0.0776. The Morgan fingerprint density at radius 1 is 1.06 bits per heavy atom. The van der Waals surface area contributed by atoms with Gasteiger partial charge in [0.05, 0.1) is 0 Å². The van der Waals surface area contributed by atoms with Gasteiger partial charge in [0.25, 0.3) is 0 Å². The second-order valence-electron chi connectivity index (χ2n) is 5.49. The van der Waals surface area contributed by atoms with Crippen molar-refractivity contribution >= 4 is 0 Å². The van der Waals surface area contributed by atoms with Gasteiger partial charge in [-0.3, -0.25) is 0 Å². The first-order valence-corrected chi connectivity index (χ1v) is 6.56. The van der Waals surface area contributed by atoms with E-state index in [4.69, 9.17) is 0 Å². The molecule has 1 N–H and O–H groups in total. The van der Waals surface area contributed by atoms with E-state index >= 15 is 0 Å². The fourth-order valence-corrected chi connectivity index (χ4v) is 2.45. The number of halogens is 2. The van der Waals surface area contributed by atoms with E-state index in [1.54, 1.807) is 6.07 Å². The summed E-state index contributed by atoms with van der Waals surface area (Å²) in [6.45, 7) is 6.59. The number of nitrogens with one attached hydrogen (secondary N) is 1. The summed E-state index contributed by atoms with van der Waals surface area (Å²) < 4.78 is 26.1. The summed E-state index contributed by atoms with van der Waals surface area (Å²) in [7, 11) is 1.86. The van der Waals surface area contributed by atoms with Crippen molar-refractivity contribution in [2.45, 2.75) is 39.7 Å². The van der Waals surface area contributed by atoms with E-state index in [1.807, 2.05) is 7.05 Å². The van der Waals surface area contributed by atoms with Crippen molar-refractivity contribution in [1.82, 2.24) is 5.32 Å². The van der Waals surface area contributed by atoms with Gasteiger partial charge in [-0.15, -0.1) is 0 Å². The summed E-state index contributed by atoms with van der Waals surface area (Å²) in [5.74, 6) is -0.355. The normalized spacial score (nSPS) is 14.8. The molecule has 1 rings (SSSR count). The topological polar surface area (TPSA) is 12.0 Å². The molecule has 0 spiro atoms. The molecular weight excluding hydrogens is 232 g/mol. The lowest BCUT2D eigenvalue weighted by molar-refractivity contribution is 0.365. The van der Waals surface area contributed by atoms with Gasteiger partial charge in [-0.05, 0) is 49.4 Å². The van der Waals surface area contributed by atoms with Crippen molar-refractivity contribution in [3.8, 4) is 0 Å². The lowest BCUT2D eigenvalue weighted by atomic mass is 9.90. The standard InChI is InChI=1S/C15H23F2N/c1-10(2)7-11(3)8-15(18-4)12-5-6-13(16)14(17)9-12/h5-6,9-11,15,18H,7-8H2,1-4H3. The number of hydrogen-bond donors (Lipinski definition) is 1. The summed E-state index contributed by atoms with van der Waals surface area (Å²) >= 11 is 0. The first-order valence-electron chi connectivity index (χ1n) is 6.56. The third-order valence-corrected chi connectivity index (χ3v) is 3.21. The molecular formula is C15H23F2N. The van der Waals surface area contributed by atoms with Crippen molar-refractivity contribution in [3.05, 3.63) is 35.4 Å². The monoisotopic (exact) mass is 255 g/mol. The van der Waals surface area contributed by atoms with Gasteiger partial charge in [-0.1, -0.05) is 26.8 Å². The molecule has 102 valence electrons. The number of rotatable bonds is 6. The fourth-order valence-electron chi connectivity index (χ4n) is 2.45. The molecule has 0 bridgehead atoms. The molecule has 2 atom stereocenters. The number of benzene rings is 1. The van der Waals surface area contributed by atoms with Gasteiger partial charge in [0.1, 0.15) is 0 Å². The molecule has 0 amide bonds. The first-order chi connectivity index (χ1) is 8.43. The second kappa shape index (κ2) is 6.83. The van der Waals surface area contributed by atoms with E-state index in [9.17, 15) is 8.78 Å². The van der Waals surface area contributed by atoms with E-state index in [0.717, 1.165) is 18.4 Å². The molecule has 0 saturated heterocycles. The smallest absolute Gasteiger partial charge is 0.159 e. The van der Waals surface area contributed by atoms with Crippen molar-refractivity contribution in [2.24, 2.45) is 11.8 Å². The molecule has 0 radical (unpaired) electrons. The quantitative estimate of drug-likeness (QED) is 0.799. The molecule has 1 nitrogen and oxygen atoms in total. The Morgan fingerprint density at radius 2 is 1.72 bits per heavy atom. The van der Waals surface area contributed by atoms with Gasteiger partial charge in [-0.25, -0.2) is 8.78 Å². The molecule has 0 aliphatic rings. The molecule has 0 saturated carbocycles. The summed E-state index contributed by atoms with van der Waals surface area (Å²) in [6, 6.07) is 4.22. The van der Waals surface area contributed by atoms with Crippen LogP contribution in [0.3, 0.4) is 0 Å². The van der Waals surface area contributed by atoms with Crippen molar-refractivity contribution in [3.63, 3.8) is 0 Å². The first kappa shape index (κ1) is 15.1. The largest absolute Gasteiger partial charge is 0.313 e. The fraction of sp³-hybridized carbons (Fsp3) is 0.600. The van der Waals surface area contributed by atoms with Gasteiger partial charge in [-0.2, -0.15) is 0 Å². The molecule has 0 aromatic heterocycles. The van der Waals surface area contributed by atoms with Gasteiger partial charge >= 0.3 is 0 Å². The van der Waals surface area contributed by atoms with Crippen molar-refractivity contribution in [2.75, 3.05) is 7.05 Å². The highest BCUT2D eigenvalue weighted by atomic mass is 19.2. The van der Waals surface area contributed by atoms with E-state index in [1.165, 1.54) is 12.1 Å². The summed E-state index contributed by atoms with van der Waals surface area (Å²) in [5.41, 5.74) is 0.812. The summed E-state index contributed by atoms with van der Waals surface area (Å²) in [5, 5.41) is 3.18. The Hall–Kier alpha value is -0.960. The predicted molar refractivity (Wildman–Crippen MR) is 71.4 cm³/mol. The molecule has 18 heavy (non-hydrogen) atoms. The minimum atomic E-state index is -0.788. The zero-order chi connectivity index (χ0) is 13.7. The molecule has 0 fully saturated rings. The van der Waals surface area contributed by atoms with Crippen LogP contribution >= 0.6 is 0 Å². The Balaban J connectivity index is 2.73. The molecule has 2 unspecified atom stereocenters. The molecule has 0 aliphatic heterocycles. The van der Waals surface area contributed by atoms with Crippen LogP contribution in [0.1, 0.15) is 45.2 Å². The Bertz CT molecular complexity index is 377. The molecule has 1 aromatic rings. The van der Waals surface area contributed by atoms with Crippen LogP contribution in [0.25, 0.3) is 0 Å². The second-order valence-corrected chi connectivity index (χ2v) is 5.49. The van der Waals surface area contributed by atoms with Crippen molar-refractivity contribution in [1.29, 1.82) is 0 Å². The maximum absolute atomic E-state index is 13.2. The van der Waals surface area contributed by atoms with Crippen LogP contribution in [0.2, 0.25) is 0 Å². The zero-order valence-corrected chi connectivity index (χ0v) is 11.6. The van der Waals surface area contributed by atoms with Crippen LogP contribution in [0, 0.1) is 23.5 Å². The highest BCUT2D eigenvalue weighted by Crippen LogP contribution is 2.25. The van der Waals surface area contributed by atoms with Crippen LogP contribution in [0.4, 0.5) is 8.78 Å². The van der Waals surface area contributed by atoms with Crippen LogP contribution in [-0.2, 0) is 0 Å². The van der Waals surface area contributed by atoms with E-state index in [-0.39, 0.29) is 6.04 Å². The molecule has 0 heterocycles. The Morgan fingerprint density at radius 3 is 2.22 bits per heavy atom. The van der Waals surface area contributed by atoms with Crippen LogP contribution < -0.4 is 5.32 Å².